The van der Waals surface area contributed by atoms with E-state index < -0.39 is 4.92 Å². The van der Waals surface area contributed by atoms with E-state index in [0.717, 1.165) is 4.90 Å². The van der Waals surface area contributed by atoms with Crippen molar-refractivity contribution in [2.75, 3.05) is 18.2 Å². The Bertz CT molecular complexity index is 944. The van der Waals surface area contributed by atoms with E-state index in [2.05, 4.69) is 10.3 Å². The number of ether oxygens (including phenoxy) is 1. The molecule has 2 aromatic carbocycles. The van der Waals surface area contributed by atoms with Crippen LogP contribution in [0.3, 0.4) is 0 Å². The molecule has 3 rings (SSSR count). The Morgan fingerprint density at radius 3 is 2.81 bits per heavy atom. The first-order chi connectivity index (χ1) is 12.6. The maximum atomic E-state index is 12.1. The highest BCUT2D eigenvalue weighted by molar-refractivity contribution is 7.99. The van der Waals surface area contributed by atoms with Crippen molar-refractivity contribution in [3.63, 3.8) is 0 Å². The number of non-ortho nitro benzene ring substituents is 1. The maximum Gasteiger partial charge on any atom is 0.274 e. The highest BCUT2D eigenvalue weighted by atomic mass is 32.2. The molecule has 0 bridgehead atoms. The lowest BCUT2D eigenvalue weighted by molar-refractivity contribution is -0.384. The van der Waals surface area contributed by atoms with Gasteiger partial charge in [-0.05, 0) is 12.1 Å². The molecule has 1 aromatic heterocycles. The molecule has 0 aliphatic heterocycles. The lowest BCUT2D eigenvalue weighted by Gasteiger charge is -2.02. The van der Waals surface area contributed by atoms with Crippen molar-refractivity contribution in [3.05, 3.63) is 52.6 Å². The van der Waals surface area contributed by atoms with Gasteiger partial charge in [-0.1, -0.05) is 29.5 Å². The van der Waals surface area contributed by atoms with Crippen LogP contribution in [-0.2, 0) is 4.79 Å². The molecular weight excluding hydrogens is 374 g/mol. The van der Waals surface area contributed by atoms with Crippen molar-refractivity contribution in [1.29, 1.82) is 0 Å². The maximum absolute atomic E-state index is 12.1. The van der Waals surface area contributed by atoms with Crippen molar-refractivity contribution in [3.8, 4) is 5.75 Å². The summed E-state index contributed by atoms with van der Waals surface area (Å²) in [5, 5.41) is 14.1. The zero-order valence-corrected chi connectivity index (χ0v) is 15.4. The van der Waals surface area contributed by atoms with E-state index in [-0.39, 0.29) is 11.6 Å². The van der Waals surface area contributed by atoms with Crippen LogP contribution in [0.1, 0.15) is 6.42 Å². The number of aromatic nitrogens is 1. The van der Waals surface area contributed by atoms with Crippen molar-refractivity contribution in [1.82, 2.24) is 4.98 Å². The normalized spacial score (nSPS) is 10.7. The Hall–Kier alpha value is -2.65. The topological polar surface area (TPSA) is 94.4 Å². The minimum absolute atomic E-state index is 0.0739. The van der Waals surface area contributed by atoms with E-state index in [1.165, 1.54) is 30.6 Å². The summed E-state index contributed by atoms with van der Waals surface area (Å²) in [7, 11) is 1.43. The number of nitro groups is 1. The van der Waals surface area contributed by atoms with Gasteiger partial charge in [0.15, 0.2) is 10.9 Å². The van der Waals surface area contributed by atoms with Gasteiger partial charge < -0.3 is 10.1 Å². The number of nitrogens with one attached hydrogen (secondary N) is 1. The van der Waals surface area contributed by atoms with Crippen LogP contribution in [0, 0.1) is 10.1 Å². The minimum atomic E-state index is -0.485. The molecule has 26 heavy (non-hydrogen) atoms. The van der Waals surface area contributed by atoms with Crippen LogP contribution in [-0.4, -0.2) is 28.7 Å². The smallest absolute Gasteiger partial charge is 0.274 e. The largest absolute Gasteiger partial charge is 0.494 e. The third-order valence-electron chi connectivity index (χ3n) is 3.46. The third kappa shape index (κ3) is 4.30. The molecule has 0 fully saturated rings. The predicted octanol–water partition coefficient (Wildman–Crippen LogP) is 4.33. The summed E-state index contributed by atoms with van der Waals surface area (Å²) in [6.45, 7) is 0. The molecule has 0 aliphatic carbocycles. The predicted molar refractivity (Wildman–Crippen MR) is 103 cm³/mol. The molecule has 0 saturated carbocycles. The number of carbonyl (C=O) groups excluding carboxylic acids is 1. The van der Waals surface area contributed by atoms with Gasteiger partial charge in [0.2, 0.25) is 5.91 Å². The summed E-state index contributed by atoms with van der Waals surface area (Å²) in [5.74, 6) is 0.807. The molecule has 1 heterocycles. The van der Waals surface area contributed by atoms with Gasteiger partial charge in [-0.15, -0.1) is 11.8 Å². The molecule has 0 atom stereocenters. The zero-order chi connectivity index (χ0) is 18.5. The molecular formula is C17H15N3O4S2. The number of hydrogen-bond donors (Lipinski definition) is 1. The van der Waals surface area contributed by atoms with Crippen molar-refractivity contribution in [2.24, 2.45) is 0 Å². The fraction of sp³-hybridized carbons (Fsp3) is 0.176. The van der Waals surface area contributed by atoms with Crippen LogP contribution in [0.25, 0.3) is 10.2 Å². The second kappa shape index (κ2) is 8.15. The standard InChI is InChI=1S/C17H15N3O4S2/c1-24-13-9-11(20(22)23)10-14-16(13)19-17(26-14)18-15(21)7-8-25-12-5-3-2-4-6-12/h2-6,9-10H,7-8H2,1H3,(H,18,19,21). The van der Waals surface area contributed by atoms with E-state index in [0.29, 0.717) is 33.3 Å². The molecule has 7 nitrogen and oxygen atoms in total. The molecule has 0 radical (unpaired) electrons. The summed E-state index contributed by atoms with van der Waals surface area (Å²) in [6.07, 6.45) is 0.340. The highest BCUT2D eigenvalue weighted by Crippen LogP contribution is 2.36. The number of carbonyl (C=O) groups is 1. The summed E-state index contributed by atoms with van der Waals surface area (Å²) in [6, 6.07) is 12.6. The number of amides is 1. The molecule has 0 spiro atoms. The van der Waals surface area contributed by atoms with E-state index in [1.54, 1.807) is 11.8 Å². The Morgan fingerprint density at radius 1 is 1.35 bits per heavy atom. The van der Waals surface area contributed by atoms with Crippen molar-refractivity contribution in [2.45, 2.75) is 11.3 Å². The number of fused-ring (bicyclic) bond motifs is 1. The average molecular weight is 389 g/mol. The summed E-state index contributed by atoms with van der Waals surface area (Å²) in [4.78, 5) is 28.1. The van der Waals surface area contributed by atoms with Crippen LogP contribution < -0.4 is 10.1 Å². The van der Waals surface area contributed by atoms with Gasteiger partial charge in [-0.25, -0.2) is 4.98 Å². The number of anilines is 1. The third-order valence-corrected chi connectivity index (χ3v) is 5.39. The van der Waals surface area contributed by atoms with Crippen LogP contribution in [0.5, 0.6) is 5.75 Å². The Labute approximate surface area is 157 Å². The first-order valence-electron chi connectivity index (χ1n) is 7.67. The van der Waals surface area contributed by atoms with Crippen molar-refractivity contribution < 1.29 is 14.5 Å². The summed E-state index contributed by atoms with van der Waals surface area (Å²) >= 11 is 2.79. The second-order valence-electron chi connectivity index (χ2n) is 5.23. The molecule has 1 N–H and O–H groups in total. The number of nitrogens with zero attached hydrogens (tertiary/aromatic N) is 2. The van der Waals surface area contributed by atoms with Gasteiger partial charge in [-0.2, -0.15) is 0 Å². The van der Waals surface area contributed by atoms with E-state index in [4.69, 9.17) is 4.74 Å². The molecule has 9 heteroatoms. The molecule has 0 unspecified atom stereocenters. The van der Waals surface area contributed by atoms with E-state index in [1.807, 2.05) is 30.3 Å². The number of rotatable bonds is 7. The Balaban J connectivity index is 1.66. The molecule has 1 amide bonds. The van der Waals surface area contributed by atoms with Crippen LogP contribution in [0.15, 0.2) is 47.4 Å². The number of thiazole rings is 1. The lowest BCUT2D eigenvalue weighted by atomic mass is 10.3. The number of nitro benzene ring substituents is 1. The number of benzene rings is 2. The van der Waals surface area contributed by atoms with Crippen molar-refractivity contribution >= 4 is 50.0 Å². The summed E-state index contributed by atoms with van der Waals surface area (Å²) in [5.41, 5.74) is 0.423. The fourth-order valence-electron chi connectivity index (χ4n) is 2.26. The lowest BCUT2D eigenvalue weighted by Crippen LogP contribution is -2.11. The van der Waals surface area contributed by atoms with Crippen LogP contribution >= 0.6 is 23.1 Å². The fourth-order valence-corrected chi connectivity index (χ4v) is 4.06. The van der Waals surface area contributed by atoms with Gasteiger partial charge in [0, 0.05) is 23.1 Å². The molecule has 134 valence electrons. The van der Waals surface area contributed by atoms with Gasteiger partial charge in [0.05, 0.1) is 22.8 Å². The number of thioether (sulfide) groups is 1. The first kappa shape index (κ1) is 18.2. The molecule has 0 saturated heterocycles. The van der Waals surface area contributed by atoms with Gasteiger partial charge in [-0.3, -0.25) is 14.9 Å². The Kier molecular flexibility index (Phi) is 5.69. The number of methoxy groups -OCH3 is 1. The Morgan fingerprint density at radius 2 is 2.12 bits per heavy atom. The first-order valence-corrected chi connectivity index (χ1v) is 9.47. The average Bonchev–Trinajstić information content (AvgIpc) is 3.03. The SMILES string of the molecule is COc1cc([N+](=O)[O-])cc2sc(NC(=O)CCSc3ccccc3)nc12. The van der Waals surface area contributed by atoms with E-state index in [9.17, 15) is 14.9 Å². The number of hydrogen-bond acceptors (Lipinski definition) is 7. The van der Waals surface area contributed by atoms with Gasteiger partial charge in [0.1, 0.15) is 5.52 Å². The van der Waals surface area contributed by atoms with E-state index >= 15 is 0 Å². The molecule has 3 aromatic rings. The van der Waals surface area contributed by atoms with Gasteiger partial charge in [0.25, 0.3) is 5.69 Å². The van der Waals surface area contributed by atoms with Crippen LogP contribution in [0.2, 0.25) is 0 Å². The highest BCUT2D eigenvalue weighted by Gasteiger charge is 2.17. The monoisotopic (exact) mass is 389 g/mol. The van der Waals surface area contributed by atoms with Crippen LogP contribution in [0.4, 0.5) is 10.8 Å². The summed E-state index contributed by atoms with van der Waals surface area (Å²) < 4.78 is 5.76. The quantitative estimate of drug-likeness (QED) is 0.367. The molecule has 0 aliphatic rings. The minimum Gasteiger partial charge on any atom is -0.494 e. The second-order valence-corrected chi connectivity index (χ2v) is 7.43. The zero-order valence-electron chi connectivity index (χ0n) is 13.8. The van der Waals surface area contributed by atoms with Gasteiger partial charge >= 0.3 is 0 Å².